The average molecular weight is 516 g/mol. The van der Waals surface area contributed by atoms with Gasteiger partial charge in [0.05, 0.1) is 0 Å². The summed E-state index contributed by atoms with van der Waals surface area (Å²) in [4.78, 5) is 0. The molecule has 182 valence electrons. The van der Waals surface area contributed by atoms with Gasteiger partial charge in [0.1, 0.15) is 0 Å². The third-order valence-electron chi connectivity index (χ3n) is 8.14. The van der Waals surface area contributed by atoms with E-state index in [1.165, 1.54) is 30.4 Å². The zero-order valence-electron chi connectivity index (χ0n) is 22.1. The smallest absolute Gasteiger partial charge is 0.0184 e. The molecule has 2 aliphatic carbocycles. The Morgan fingerprint density at radius 2 is 1.20 bits per heavy atom. The van der Waals surface area contributed by atoms with E-state index in [4.69, 9.17) is 0 Å². The van der Waals surface area contributed by atoms with E-state index in [2.05, 4.69) is 116 Å². The molecule has 1 fully saturated rings. The van der Waals surface area contributed by atoms with E-state index in [1.807, 2.05) is 16.0 Å². The van der Waals surface area contributed by atoms with Crippen LogP contribution in [0.4, 0.5) is 0 Å². The summed E-state index contributed by atoms with van der Waals surface area (Å²) < 4.78 is 6.15. The van der Waals surface area contributed by atoms with Crippen LogP contribution in [0.5, 0.6) is 0 Å². The summed E-state index contributed by atoms with van der Waals surface area (Å²) in [5.41, 5.74) is 7.37. The van der Waals surface area contributed by atoms with Gasteiger partial charge in [0.15, 0.2) is 0 Å². The van der Waals surface area contributed by atoms with Crippen molar-refractivity contribution >= 4 is 12.6 Å². The van der Waals surface area contributed by atoms with E-state index in [-0.39, 0.29) is 7.39 Å². The normalized spacial score (nSPS) is 20.0. The molecular weight excluding hydrogens is 474 g/mol. The van der Waals surface area contributed by atoms with Crippen molar-refractivity contribution in [3.05, 3.63) is 112 Å². The van der Waals surface area contributed by atoms with Crippen LogP contribution in [0.15, 0.2) is 112 Å². The van der Waals surface area contributed by atoms with Crippen molar-refractivity contribution in [1.29, 1.82) is 0 Å². The van der Waals surface area contributed by atoms with Crippen molar-refractivity contribution in [3.63, 3.8) is 0 Å². The molecule has 0 bridgehead atoms. The molecule has 0 spiro atoms. The van der Waals surface area contributed by atoms with Crippen molar-refractivity contribution in [1.82, 2.24) is 3.80 Å². The van der Waals surface area contributed by atoms with Gasteiger partial charge in [0.25, 0.3) is 0 Å². The molecule has 2 unspecified atom stereocenters. The van der Waals surface area contributed by atoms with Crippen molar-refractivity contribution in [2.24, 2.45) is 5.92 Å². The molecule has 0 aliphatic heterocycles. The predicted molar refractivity (Wildman–Crippen MR) is 153 cm³/mol. The summed E-state index contributed by atoms with van der Waals surface area (Å²) in [6, 6.07) is 32.9. The van der Waals surface area contributed by atoms with Crippen LogP contribution in [0.2, 0.25) is 5.23 Å². The molecule has 0 radical (unpaired) electrons. The van der Waals surface area contributed by atoms with Gasteiger partial charge >= 0.3 is 148 Å². The molecule has 3 aromatic carbocycles. The van der Waals surface area contributed by atoms with Crippen LogP contribution in [-0.2, 0) is 16.1 Å². The summed E-state index contributed by atoms with van der Waals surface area (Å²) in [5.74, 6) is 0.670. The maximum absolute atomic E-state index is 4.29. The van der Waals surface area contributed by atoms with Crippen LogP contribution in [-0.4, -0.2) is 13.4 Å². The summed E-state index contributed by atoms with van der Waals surface area (Å²) in [6.45, 7) is 9.54. The van der Waals surface area contributed by atoms with Crippen LogP contribution in [0.25, 0.3) is 11.1 Å². The van der Waals surface area contributed by atoms with E-state index in [9.17, 15) is 0 Å². The number of hydrogen-bond donors (Lipinski definition) is 1. The first kappa shape index (κ1) is 26.1. The Balaban J connectivity index is 0.000000201. The van der Waals surface area contributed by atoms with Crippen LogP contribution >= 0.6 is 0 Å². The van der Waals surface area contributed by atoms with E-state index in [0.29, 0.717) is 5.92 Å². The van der Waals surface area contributed by atoms with Gasteiger partial charge in [-0.2, -0.15) is 0 Å². The van der Waals surface area contributed by atoms with Gasteiger partial charge in [-0.1, -0.05) is 60.7 Å². The standard InChI is InChI=1S/C12H10.C9H13.C6H7Si.C4H8N.CH3.Ti/c1-3-7-11(8-4-1)12-9-5-2-6-10-12;1-6-5-7(2)9(4)8(6)3;7-6-4-2-1-3-5-6;5-4-2-1-3-4;;/h1-10H;6H,1-4H3;1-5H,7H2;4-5H,1-3H2;1H3;/q;;;-1;;+1. The Labute approximate surface area is 218 Å². The SMILES string of the molecule is CC1=C(C)C(C)[C]([Ti]([CH3])([NH]C2CCC2)[SiH2]c2ccccc2)=C1C.c1ccc(-c2ccccc2)cc1. The van der Waals surface area contributed by atoms with E-state index < -0.39 is 16.1 Å². The maximum Gasteiger partial charge on any atom is -0.0184 e. The first-order chi connectivity index (χ1) is 16.9. The third-order valence-corrected chi connectivity index (χ3v) is 22.1. The Bertz CT molecular complexity index is 1130. The van der Waals surface area contributed by atoms with Crippen LogP contribution in [0.3, 0.4) is 0 Å². The van der Waals surface area contributed by atoms with Gasteiger partial charge in [-0.15, -0.1) is 0 Å². The fourth-order valence-electron chi connectivity index (χ4n) is 5.75. The van der Waals surface area contributed by atoms with Crippen LogP contribution < -0.4 is 8.99 Å². The first-order valence-corrected chi connectivity index (χ1v) is 21.0. The molecule has 2 aliphatic rings. The van der Waals surface area contributed by atoms with E-state index in [1.54, 1.807) is 21.9 Å². The number of hydrogen-bond acceptors (Lipinski definition) is 1. The second kappa shape index (κ2) is 11.8. The molecule has 1 nitrogen and oxygen atoms in total. The maximum atomic E-state index is 4.29. The second-order valence-electron chi connectivity index (χ2n) is 10.6. The molecule has 5 rings (SSSR count). The topological polar surface area (TPSA) is 12.0 Å². The molecular formula is C32H41NSiTi. The van der Waals surface area contributed by atoms with Crippen LogP contribution in [0.1, 0.15) is 47.0 Å². The predicted octanol–water partition coefficient (Wildman–Crippen LogP) is 7.27. The molecule has 1 N–H and O–H groups in total. The summed E-state index contributed by atoms with van der Waals surface area (Å²) >= 11 is -2.19. The van der Waals surface area contributed by atoms with Crippen molar-refractivity contribution in [3.8, 4) is 11.1 Å². The average Bonchev–Trinajstić information content (AvgIpc) is 3.06. The summed E-state index contributed by atoms with van der Waals surface area (Å²) in [7, 11) is -0.259. The third kappa shape index (κ3) is 6.24. The number of allylic oxidation sites excluding steroid dienone is 4. The molecule has 1 saturated carbocycles. The Hall–Kier alpha value is -1.97. The molecule has 2 atom stereocenters. The molecule has 0 heterocycles. The fourth-order valence-corrected chi connectivity index (χ4v) is 22.7. The number of benzene rings is 3. The Morgan fingerprint density at radius 3 is 1.60 bits per heavy atom. The quantitative estimate of drug-likeness (QED) is 0.341. The second-order valence-corrected chi connectivity index (χ2v) is 24.7. The zero-order chi connectivity index (χ0) is 24.8. The zero-order valence-corrected chi connectivity index (χ0v) is 25.1. The fraction of sp³-hybridized carbons (Fsp3) is 0.312. The molecule has 3 heteroatoms. The van der Waals surface area contributed by atoms with Crippen molar-refractivity contribution < 1.29 is 16.1 Å². The number of nitrogens with one attached hydrogen (secondary N) is 1. The van der Waals surface area contributed by atoms with Gasteiger partial charge in [-0.05, 0) is 11.1 Å². The molecule has 35 heavy (non-hydrogen) atoms. The minimum Gasteiger partial charge on any atom is -0.0622 e. The summed E-state index contributed by atoms with van der Waals surface area (Å²) in [5, 5.41) is 4.33. The Kier molecular flexibility index (Phi) is 8.83. The van der Waals surface area contributed by atoms with Crippen molar-refractivity contribution in [2.45, 2.75) is 58.2 Å². The first-order valence-electron chi connectivity index (χ1n) is 13.2. The monoisotopic (exact) mass is 515 g/mol. The molecule has 3 aromatic rings. The molecule has 0 amide bonds. The molecule has 0 saturated heterocycles. The van der Waals surface area contributed by atoms with Gasteiger partial charge in [0.2, 0.25) is 0 Å². The van der Waals surface area contributed by atoms with Gasteiger partial charge in [-0.25, -0.2) is 0 Å². The largest absolute Gasteiger partial charge is 0.0622 e. The summed E-state index contributed by atoms with van der Waals surface area (Å²) in [6.07, 6.45) is 4.22. The van der Waals surface area contributed by atoms with E-state index in [0.717, 1.165) is 6.04 Å². The minimum absolute atomic E-state index is 0.259. The van der Waals surface area contributed by atoms with Gasteiger partial charge in [-0.3, -0.25) is 0 Å². The van der Waals surface area contributed by atoms with Crippen LogP contribution in [0, 0.1) is 5.92 Å². The molecule has 0 aromatic heterocycles. The minimum atomic E-state index is -2.19. The van der Waals surface area contributed by atoms with E-state index >= 15 is 0 Å². The van der Waals surface area contributed by atoms with Crippen molar-refractivity contribution in [2.75, 3.05) is 0 Å². The number of rotatable bonds is 6. The van der Waals surface area contributed by atoms with Gasteiger partial charge < -0.3 is 0 Å². The van der Waals surface area contributed by atoms with Gasteiger partial charge in [0, 0.05) is 0 Å². The Morgan fingerprint density at radius 1 is 0.714 bits per heavy atom.